The van der Waals surface area contributed by atoms with Crippen molar-refractivity contribution < 1.29 is 4.79 Å². The number of piperidine rings is 1. The Labute approximate surface area is 142 Å². The maximum absolute atomic E-state index is 12.2. The summed E-state index contributed by atoms with van der Waals surface area (Å²) in [7, 11) is 0. The first-order valence-electron chi connectivity index (χ1n) is 8.54. The van der Waals surface area contributed by atoms with Gasteiger partial charge in [-0.05, 0) is 43.4 Å². The zero-order chi connectivity index (χ0) is 16.8. The lowest BCUT2D eigenvalue weighted by Crippen LogP contribution is -2.37. The average molecular weight is 324 g/mol. The number of benzene rings is 1. The topological polar surface area (TPSA) is 71.2 Å². The summed E-state index contributed by atoms with van der Waals surface area (Å²) < 4.78 is 0. The minimum absolute atomic E-state index is 0.211. The lowest BCUT2D eigenvalue weighted by molar-refractivity contribution is -0.117. The van der Waals surface area contributed by atoms with E-state index in [9.17, 15) is 4.79 Å². The molecule has 2 aromatic rings. The molecule has 3 N–H and O–H groups in total. The molecule has 24 heavy (non-hydrogen) atoms. The molecule has 2 heterocycles. The van der Waals surface area contributed by atoms with Gasteiger partial charge in [0.1, 0.15) is 5.82 Å². The quantitative estimate of drug-likeness (QED) is 0.887. The summed E-state index contributed by atoms with van der Waals surface area (Å²) in [6.45, 7) is 2.16. The number of hydrogen-bond acceptors (Lipinski definition) is 4. The maximum Gasteiger partial charge on any atom is 0.242 e. The summed E-state index contributed by atoms with van der Waals surface area (Å²) in [6, 6.07) is 13.0. The van der Waals surface area contributed by atoms with Gasteiger partial charge in [0.05, 0.1) is 17.9 Å². The van der Waals surface area contributed by atoms with Crippen molar-refractivity contribution in [3.63, 3.8) is 0 Å². The summed E-state index contributed by atoms with van der Waals surface area (Å²) in [4.78, 5) is 18.9. The van der Waals surface area contributed by atoms with Crippen molar-refractivity contribution in [3.05, 3.63) is 54.2 Å². The molecule has 1 aromatic carbocycles. The highest BCUT2D eigenvalue weighted by atomic mass is 16.2. The standard InChI is InChI=1S/C19H24N4O/c20-17(13-15-7-3-1-4-8-15)19(24)22-18-10-9-16(14-21-18)23-11-5-2-6-12-23/h1,3-4,7-10,14,17H,2,5-6,11-13,20H2,(H,21,22,24). The number of hydrogen-bond donors (Lipinski definition) is 2. The Balaban J connectivity index is 1.55. The minimum Gasteiger partial charge on any atom is -0.370 e. The molecule has 1 amide bonds. The Bertz CT molecular complexity index is 651. The second-order valence-electron chi connectivity index (χ2n) is 6.23. The molecule has 1 saturated heterocycles. The Hall–Kier alpha value is -2.40. The zero-order valence-corrected chi connectivity index (χ0v) is 13.8. The van der Waals surface area contributed by atoms with Crippen LogP contribution in [0.2, 0.25) is 0 Å². The predicted molar refractivity (Wildman–Crippen MR) is 97.1 cm³/mol. The number of carbonyl (C=O) groups is 1. The van der Waals surface area contributed by atoms with Crippen LogP contribution in [0.3, 0.4) is 0 Å². The molecular formula is C19H24N4O. The lowest BCUT2D eigenvalue weighted by Gasteiger charge is -2.28. The van der Waals surface area contributed by atoms with E-state index in [4.69, 9.17) is 5.73 Å². The molecule has 5 heteroatoms. The first-order chi connectivity index (χ1) is 11.7. The molecule has 1 fully saturated rings. The largest absolute Gasteiger partial charge is 0.370 e. The van der Waals surface area contributed by atoms with Crippen LogP contribution >= 0.6 is 0 Å². The van der Waals surface area contributed by atoms with Crippen molar-refractivity contribution in [1.29, 1.82) is 0 Å². The molecule has 0 radical (unpaired) electrons. The number of carbonyl (C=O) groups excluding carboxylic acids is 1. The Morgan fingerprint density at radius 3 is 2.54 bits per heavy atom. The number of nitrogens with one attached hydrogen (secondary N) is 1. The molecule has 126 valence electrons. The van der Waals surface area contributed by atoms with Crippen LogP contribution in [-0.2, 0) is 11.2 Å². The van der Waals surface area contributed by atoms with Gasteiger partial charge in [-0.2, -0.15) is 0 Å². The molecule has 1 aliphatic rings. The van der Waals surface area contributed by atoms with Gasteiger partial charge >= 0.3 is 0 Å². The van der Waals surface area contributed by atoms with E-state index in [0.717, 1.165) is 24.3 Å². The monoisotopic (exact) mass is 324 g/mol. The fourth-order valence-corrected chi connectivity index (χ4v) is 2.98. The van der Waals surface area contributed by atoms with Crippen molar-refractivity contribution >= 4 is 17.4 Å². The molecule has 0 saturated carbocycles. The van der Waals surface area contributed by atoms with Crippen LogP contribution in [0, 0.1) is 0 Å². The third kappa shape index (κ3) is 4.32. The Kier molecular flexibility index (Phi) is 5.43. The van der Waals surface area contributed by atoms with Gasteiger partial charge in [-0.1, -0.05) is 30.3 Å². The number of amides is 1. The second kappa shape index (κ2) is 7.93. The third-order valence-electron chi connectivity index (χ3n) is 4.36. The number of nitrogens with two attached hydrogens (primary N) is 1. The summed E-state index contributed by atoms with van der Waals surface area (Å²) in [5, 5.41) is 2.80. The molecule has 1 atom stereocenters. The number of anilines is 2. The van der Waals surface area contributed by atoms with Gasteiger partial charge < -0.3 is 16.0 Å². The van der Waals surface area contributed by atoms with Crippen LogP contribution < -0.4 is 16.0 Å². The van der Waals surface area contributed by atoms with Crippen LogP contribution in [0.25, 0.3) is 0 Å². The summed E-state index contributed by atoms with van der Waals surface area (Å²) in [6.07, 6.45) is 6.10. The van der Waals surface area contributed by atoms with E-state index in [-0.39, 0.29) is 5.91 Å². The second-order valence-corrected chi connectivity index (χ2v) is 6.23. The molecule has 0 aliphatic carbocycles. The van der Waals surface area contributed by atoms with Gasteiger partial charge in [-0.3, -0.25) is 4.79 Å². The van der Waals surface area contributed by atoms with Crippen molar-refractivity contribution in [2.75, 3.05) is 23.3 Å². The Morgan fingerprint density at radius 2 is 1.88 bits per heavy atom. The number of nitrogens with zero attached hydrogens (tertiary/aromatic N) is 2. The normalized spacial score (nSPS) is 15.8. The van der Waals surface area contributed by atoms with E-state index in [1.54, 1.807) is 0 Å². The van der Waals surface area contributed by atoms with Gasteiger partial charge in [-0.25, -0.2) is 4.98 Å². The SMILES string of the molecule is NC(Cc1ccccc1)C(=O)Nc1ccc(N2CCCCC2)cn1. The van der Waals surface area contributed by atoms with Crippen LogP contribution in [0.15, 0.2) is 48.7 Å². The highest BCUT2D eigenvalue weighted by Crippen LogP contribution is 2.20. The van der Waals surface area contributed by atoms with Crippen molar-refractivity contribution in [2.24, 2.45) is 5.73 Å². The highest BCUT2D eigenvalue weighted by Gasteiger charge is 2.15. The van der Waals surface area contributed by atoms with E-state index in [0.29, 0.717) is 12.2 Å². The fourth-order valence-electron chi connectivity index (χ4n) is 2.98. The smallest absolute Gasteiger partial charge is 0.242 e. The first kappa shape index (κ1) is 16.5. The molecule has 1 unspecified atom stereocenters. The number of rotatable bonds is 5. The van der Waals surface area contributed by atoms with Crippen molar-refractivity contribution in [3.8, 4) is 0 Å². The van der Waals surface area contributed by atoms with E-state index in [1.165, 1.54) is 19.3 Å². The van der Waals surface area contributed by atoms with E-state index in [2.05, 4.69) is 15.2 Å². The number of aromatic nitrogens is 1. The van der Waals surface area contributed by atoms with Gasteiger partial charge in [0, 0.05) is 13.1 Å². The van der Waals surface area contributed by atoms with Crippen LogP contribution in [-0.4, -0.2) is 30.0 Å². The molecule has 0 spiro atoms. The molecule has 3 rings (SSSR count). The van der Waals surface area contributed by atoms with Gasteiger partial charge in [0.15, 0.2) is 0 Å². The highest BCUT2D eigenvalue weighted by molar-refractivity contribution is 5.94. The minimum atomic E-state index is -0.587. The molecule has 5 nitrogen and oxygen atoms in total. The van der Waals surface area contributed by atoms with Crippen LogP contribution in [0.1, 0.15) is 24.8 Å². The molecule has 1 aromatic heterocycles. The number of pyridine rings is 1. The molecule has 0 bridgehead atoms. The van der Waals surface area contributed by atoms with Crippen LogP contribution in [0.4, 0.5) is 11.5 Å². The fraction of sp³-hybridized carbons (Fsp3) is 0.368. The third-order valence-corrected chi connectivity index (χ3v) is 4.36. The predicted octanol–water partition coefficient (Wildman–Crippen LogP) is 2.58. The van der Waals surface area contributed by atoms with Crippen molar-refractivity contribution in [2.45, 2.75) is 31.7 Å². The first-order valence-corrected chi connectivity index (χ1v) is 8.54. The summed E-state index contributed by atoms with van der Waals surface area (Å²) in [5.74, 6) is 0.335. The van der Waals surface area contributed by atoms with Crippen LogP contribution in [0.5, 0.6) is 0 Å². The maximum atomic E-state index is 12.2. The summed E-state index contributed by atoms with van der Waals surface area (Å²) >= 11 is 0. The van der Waals surface area contributed by atoms with Crippen molar-refractivity contribution in [1.82, 2.24) is 4.98 Å². The van der Waals surface area contributed by atoms with Gasteiger partial charge in [0.25, 0.3) is 0 Å². The average Bonchev–Trinajstić information content (AvgIpc) is 2.64. The lowest BCUT2D eigenvalue weighted by atomic mass is 10.1. The van der Waals surface area contributed by atoms with E-state index >= 15 is 0 Å². The zero-order valence-electron chi connectivity index (χ0n) is 13.8. The van der Waals surface area contributed by atoms with E-state index < -0.39 is 6.04 Å². The van der Waals surface area contributed by atoms with E-state index in [1.807, 2.05) is 48.7 Å². The molecular weight excluding hydrogens is 300 g/mol. The van der Waals surface area contributed by atoms with Gasteiger partial charge in [0.2, 0.25) is 5.91 Å². The Morgan fingerprint density at radius 1 is 1.12 bits per heavy atom. The summed E-state index contributed by atoms with van der Waals surface area (Å²) in [5.41, 5.74) is 8.16. The molecule has 1 aliphatic heterocycles. The van der Waals surface area contributed by atoms with Gasteiger partial charge in [-0.15, -0.1) is 0 Å².